The fourth-order valence-electron chi connectivity index (χ4n) is 2.45. The predicted octanol–water partition coefficient (Wildman–Crippen LogP) is 1.86. The Labute approximate surface area is 151 Å². The Morgan fingerprint density at radius 2 is 1.88 bits per heavy atom. The van der Waals surface area contributed by atoms with Crippen molar-refractivity contribution in [1.82, 2.24) is 4.90 Å². The number of aliphatic hydroxyl groups is 1. The summed E-state index contributed by atoms with van der Waals surface area (Å²) < 4.78 is 37.5. The molecule has 1 aliphatic heterocycles. The van der Waals surface area contributed by atoms with E-state index >= 15 is 0 Å². The summed E-state index contributed by atoms with van der Waals surface area (Å²) in [5, 5.41) is 9.71. The summed E-state index contributed by atoms with van der Waals surface area (Å²) >= 11 is 0. The first-order chi connectivity index (χ1) is 11.7. The van der Waals surface area contributed by atoms with E-state index in [2.05, 4.69) is 0 Å². The van der Waals surface area contributed by atoms with Crippen LogP contribution in [-0.2, 0) is 23.9 Å². The number of aliphatic hydroxyl groups excluding tert-OH is 1. The molecule has 0 aromatic carbocycles. The maximum Gasteiger partial charge on any atom is 0.320 e. The Bertz CT molecular complexity index is 544. The molecule has 0 radical (unpaired) electrons. The lowest BCUT2D eigenvalue weighted by Crippen LogP contribution is -2.55. The lowest BCUT2D eigenvalue weighted by molar-refractivity contribution is -0.206. The number of rotatable bonds is 6. The van der Waals surface area contributed by atoms with E-state index in [4.69, 9.17) is 9.47 Å². The normalized spacial score (nSPS) is 21.5. The van der Waals surface area contributed by atoms with E-state index in [-0.39, 0.29) is 6.42 Å². The summed E-state index contributed by atoms with van der Waals surface area (Å²) in [7, 11) is 0. The number of likely N-dealkylation sites (tertiary alicyclic amines) is 1. The molecule has 7 nitrogen and oxygen atoms in total. The molecule has 2 atom stereocenters. The van der Waals surface area contributed by atoms with E-state index in [0.717, 1.165) is 0 Å². The van der Waals surface area contributed by atoms with Gasteiger partial charge in [0.05, 0.1) is 6.10 Å². The van der Waals surface area contributed by atoms with Crippen LogP contribution in [0, 0.1) is 5.92 Å². The molecule has 0 spiro atoms. The van der Waals surface area contributed by atoms with Gasteiger partial charge in [0.15, 0.2) is 12.1 Å². The van der Waals surface area contributed by atoms with Crippen LogP contribution in [0.5, 0.6) is 0 Å². The van der Waals surface area contributed by atoms with E-state index in [9.17, 15) is 28.3 Å². The smallest absolute Gasteiger partial charge is 0.320 e. The Balaban J connectivity index is 2.89. The van der Waals surface area contributed by atoms with Crippen molar-refractivity contribution < 1.29 is 37.7 Å². The monoisotopic (exact) mass is 379 g/mol. The van der Waals surface area contributed by atoms with Crippen LogP contribution in [0.4, 0.5) is 8.78 Å². The second kappa shape index (κ2) is 8.28. The average Bonchev–Trinajstić information content (AvgIpc) is 2.44. The maximum absolute atomic E-state index is 13.6. The second-order valence-electron chi connectivity index (χ2n) is 7.58. The second-order valence-corrected chi connectivity index (χ2v) is 7.58. The Hall–Kier alpha value is -1.77. The molecule has 1 fully saturated rings. The van der Waals surface area contributed by atoms with Gasteiger partial charge in [-0.2, -0.15) is 0 Å². The van der Waals surface area contributed by atoms with Gasteiger partial charge in [-0.05, 0) is 41.0 Å². The van der Waals surface area contributed by atoms with E-state index in [1.54, 1.807) is 34.6 Å². The Morgan fingerprint density at radius 3 is 2.38 bits per heavy atom. The summed E-state index contributed by atoms with van der Waals surface area (Å²) in [6.07, 6.45) is -4.23. The fourth-order valence-corrected chi connectivity index (χ4v) is 2.45. The molecule has 0 aromatic heterocycles. The standard InChI is InChI=1S/C17H27F2NO6/c1-10(2)25-13(22)11(14(23)26-16(3,4)5)7-9-20-12(21)6-8-17(18,19)15(20)24/h10-11,15,24H,6-9H2,1-5H3/t11-,15-/m0/s1. The van der Waals surface area contributed by atoms with Crippen LogP contribution in [0.2, 0.25) is 0 Å². The molecular formula is C17H27F2NO6. The van der Waals surface area contributed by atoms with Crippen LogP contribution in [0.25, 0.3) is 0 Å². The summed E-state index contributed by atoms with van der Waals surface area (Å²) in [6.45, 7) is 7.66. The number of ether oxygens (including phenoxy) is 2. The molecule has 1 N–H and O–H groups in total. The number of carbonyl (C=O) groups is 3. The van der Waals surface area contributed by atoms with Crippen LogP contribution in [0.3, 0.4) is 0 Å². The molecular weight excluding hydrogens is 352 g/mol. The third-order valence-electron chi connectivity index (χ3n) is 3.65. The van der Waals surface area contributed by atoms with Gasteiger partial charge in [0.2, 0.25) is 5.91 Å². The molecule has 1 amide bonds. The van der Waals surface area contributed by atoms with Crippen LogP contribution < -0.4 is 0 Å². The largest absolute Gasteiger partial charge is 0.462 e. The summed E-state index contributed by atoms with van der Waals surface area (Å²) in [5.74, 6) is -7.21. The molecule has 0 saturated carbocycles. The molecule has 1 saturated heterocycles. The summed E-state index contributed by atoms with van der Waals surface area (Å²) in [5.41, 5.74) is -0.860. The van der Waals surface area contributed by atoms with Gasteiger partial charge in [-0.15, -0.1) is 0 Å². The maximum atomic E-state index is 13.6. The minimum Gasteiger partial charge on any atom is -0.462 e. The number of hydrogen-bond acceptors (Lipinski definition) is 6. The highest BCUT2D eigenvalue weighted by atomic mass is 19.3. The van der Waals surface area contributed by atoms with Gasteiger partial charge in [0.1, 0.15) is 5.60 Å². The molecule has 150 valence electrons. The lowest BCUT2D eigenvalue weighted by atomic mass is 10.0. The van der Waals surface area contributed by atoms with Gasteiger partial charge < -0.3 is 19.5 Å². The Kier molecular flexibility index (Phi) is 7.09. The number of piperidine rings is 1. The van der Waals surface area contributed by atoms with Crippen LogP contribution in [0.1, 0.15) is 53.9 Å². The van der Waals surface area contributed by atoms with E-state index in [0.29, 0.717) is 4.90 Å². The zero-order valence-electron chi connectivity index (χ0n) is 15.8. The highest BCUT2D eigenvalue weighted by Gasteiger charge is 2.48. The highest BCUT2D eigenvalue weighted by Crippen LogP contribution is 2.32. The first-order valence-corrected chi connectivity index (χ1v) is 8.53. The molecule has 1 heterocycles. The molecule has 9 heteroatoms. The van der Waals surface area contributed by atoms with Gasteiger partial charge >= 0.3 is 11.9 Å². The van der Waals surface area contributed by atoms with Crippen LogP contribution in [0.15, 0.2) is 0 Å². The van der Waals surface area contributed by atoms with Crippen molar-refractivity contribution in [3.8, 4) is 0 Å². The summed E-state index contributed by atoms with van der Waals surface area (Å²) in [6, 6.07) is 0. The van der Waals surface area contributed by atoms with Gasteiger partial charge in [0, 0.05) is 19.4 Å². The first-order valence-electron chi connectivity index (χ1n) is 8.53. The van der Waals surface area contributed by atoms with Crippen molar-refractivity contribution in [2.75, 3.05) is 6.54 Å². The first kappa shape index (κ1) is 22.3. The van der Waals surface area contributed by atoms with Crippen LogP contribution >= 0.6 is 0 Å². The number of halogens is 2. The number of carbonyl (C=O) groups excluding carboxylic acids is 3. The average molecular weight is 379 g/mol. The number of alkyl halides is 2. The predicted molar refractivity (Wildman–Crippen MR) is 87.1 cm³/mol. The van der Waals surface area contributed by atoms with Gasteiger partial charge in [-0.25, -0.2) is 8.78 Å². The lowest BCUT2D eigenvalue weighted by Gasteiger charge is -2.37. The van der Waals surface area contributed by atoms with Crippen LogP contribution in [-0.4, -0.2) is 58.3 Å². The van der Waals surface area contributed by atoms with Crippen molar-refractivity contribution in [3.05, 3.63) is 0 Å². The minimum atomic E-state index is -3.44. The molecule has 26 heavy (non-hydrogen) atoms. The fraction of sp³-hybridized carbons (Fsp3) is 0.824. The highest BCUT2D eigenvalue weighted by molar-refractivity contribution is 5.95. The topological polar surface area (TPSA) is 93.1 Å². The van der Waals surface area contributed by atoms with Gasteiger partial charge in [-0.1, -0.05) is 0 Å². The quantitative estimate of drug-likeness (QED) is 0.559. The van der Waals surface area contributed by atoms with Crippen molar-refractivity contribution >= 4 is 17.8 Å². The number of hydrogen-bond donors (Lipinski definition) is 1. The molecule has 1 rings (SSSR count). The molecule has 1 aliphatic rings. The van der Waals surface area contributed by atoms with Crippen molar-refractivity contribution in [2.45, 2.75) is 77.7 Å². The third-order valence-corrected chi connectivity index (χ3v) is 3.65. The van der Waals surface area contributed by atoms with E-state index in [1.807, 2.05) is 0 Å². The van der Waals surface area contributed by atoms with E-state index in [1.165, 1.54) is 0 Å². The van der Waals surface area contributed by atoms with Gasteiger partial charge in [-0.3, -0.25) is 14.4 Å². The summed E-state index contributed by atoms with van der Waals surface area (Å²) in [4.78, 5) is 37.0. The molecule has 0 aliphatic carbocycles. The van der Waals surface area contributed by atoms with Crippen molar-refractivity contribution in [2.24, 2.45) is 5.92 Å². The zero-order valence-corrected chi connectivity index (χ0v) is 15.8. The van der Waals surface area contributed by atoms with Crippen molar-refractivity contribution in [1.29, 1.82) is 0 Å². The zero-order chi connectivity index (χ0) is 20.3. The van der Waals surface area contributed by atoms with Crippen molar-refractivity contribution in [3.63, 3.8) is 0 Å². The number of esters is 2. The third kappa shape index (κ3) is 6.19. The SMILES string of the molecule is CC(C)OC(=O)[C@H](CCN1C(=O)CCC(F)(F)[C@@H]1O)C(=O)OC(C)(C)C. The number of nitrogens with zero attached hydrogens (tertiary/aromatic N) is 1. The van der Waals surface area contributed by atoms with Gasteiger partial charge in [0.25, 0.3) is 5.92 Å². The number of amides is 1. The Morgan fingerprint density at radius 1 is 1.31 bits per heavy atom. The molecule has 0 unspecified atom stereocenters. The van der Waals surface area contributed by atoms with E-state index < -0.39 is 67.0 Å². The molecule has 0 aromatic rings. The molecule has 0 bridgehead atoms. The minimum absolute atomic E-state index is 0.292.